The number of thioether (sulfide) groups is 1. The second-order valence-electron chi connectivity index (χ2n) is 10.0. The lowest BCUT2D eigenvalue weighted by molar-refractivity contribution is -0.113. The van der Waals surface area contributed by atoms with Gasteiger partial charge in [-0.25, -0.2) is 4.98 Å². The molecule has 1 aromatic heterocycles. The van der Waals surface area contributed by atoms with Crippen molar-refractivity contribution in [3.63, 3.8) is 0 Å². The number of carbonyl (C=O) groups excluding carboxylic acids is 2. The lowest BCUT2D eigenvalue weighted by Gasteiger charge is -2.19. The maximum absolute atomic E-state index is 12.7. The van der Waals surface area contributed by atoms with Crippen molar-refractivity contribution >= 4 is 56.5 Å². The molecule has 3 aromatic carbocycles. The molecule has 0 aliphatic carbocycles. The Balaban J connectivity index is 1.30. The summed E-state index contributed by atoms with van der Waals surface area (Å²) in [6, 6.07) is 20.8. The monoisotopic (exact) mass is 547 g/mol. The summed E-state index contributed by atoms with van der Waals surface area (Å²) in [4.78, 5) is 29.8. The number of hydrogen-bond acceptors (Lipinski definition) is 6. The molecule has 4 rings (SSSR count). The fraction of sp³-hybridized carbons (Fsp3) is 0.300. The van der Waals surface area contributed by atoms with Gasteiger partial charge in [-0.1, -0.05) is 58.0 Å². The molecule has 0 atom stereocenters. The van der Waals surface area contributed by atoms with E-state index in [1.165, 1.54) is 28.7 Å². The number of benzene rings is 3. The number of unbranched alkanes of at least 4 members (excludes halogenated alkanes) is 1. The predicted octanol–water partition coefficient (Wildman–Crippen LogP) is 7.76. The Morgan fingerprint density at radius 1 is 0.947 bits per heavy atom. The van der Waals surface area contributed by atoms with Gasteiger partial charge in [0.2, 0.25) is 5.91 Å². The largest absolute Gasteiger partial charge is 0.494 e. The van der Waals surface area contributed by atoms with Gasteiger partial charge in [-0.3, -0.25) is 9.59 Å². The molecular formula is C30H33N3O3S2. The van der Waals surface area contributed by atoms with Gasteiger partial charge in [-0.15, -0.1) is 11.3 Å². The highest BCUT2D eigenvalue weighted by atomic mass is 32.2. The Labute approximate surface area is 232 Å². The molecule has 6 nitrogen and oxygen atoms in total. The first-order valence-electron chi connectivity index (χ1n) is 12.7. The summed E-state index contributed by atoms with van der Waals surface area (Å²) in [5, 5.41) is 5.89. The molecular weight excluding hydrogens is 514 g/mol. The molecule has 0 radical (unpaired) electrons. The van der Waals surface area contributed by atoms with Crippen LogP contribution in [0, 0.1) is 0 Å². The van der Waals surface area contributed by atoms with Crippen LogP contribution in [0.4, 0.5) is 11.4 Å². The smallest absolute Gasteiger partial charge is 0.255 e. The van der Waals surface area contributed by atoms with E-state index >= 15 is 0 Å². The number of ether oxygens (including phenoxy) is 1. The van der Waals surface area contributed by atoms with E-state index in [4.69, 9.17) is 4.74 Å². The molecule has 0 fully saturated rings. The van der Waals surface area contributed by atoms with Crippen LogP contribution in [-0.4, -0.2) is 29.2 Å². The van der Waals surface area contributed by atoms with Gasteiger partial charge in [0.1, 0.15) is 5.75 Å². The Hall–Kier alpha value is -3.36. The summed E-state index contributed by atoms with van der Waals surface area (Å²) in [5.41, 5.74) is 4.12. The third kappa shape index (κ3) is 7.58. The molecule has 0 bridgehead atoms. The average Bonchev–Trinajstić information content (AvgIpc) is 3.30. The Kier molecular flexibility index (Phi) is 9.07. The third-order valence-electron chi connectivity index (χ3n) is 5.87. The Morgan fingerprint density at radius 2 is 1.66 bits per heavy atom. The number of thiazole rings is 1. The molecule has 0 spiro atoms. The fourth-order valence-corrected chi connectivity index (χ4v) is 5.57. The van der Waals surface area contributed by atoms with Crippen molar-refractivity contribution in [3.8, 4) is 5.75 Å². The predicted molar refractivity (Wildman–Crippen MR) is 159 cm³/mol. The quantitative estimate of drug-likeness (QED) is 0.157. The van der Waals surface area contributed by atoms with Crippen LogP contribution in [0.5, 0.6) is 5.75 Å². The number of nitrogens with one attached hydrogen (secondary N) is 2. The molecule has 2 N–H and O–H groups in total. The Morgan fingerprint density at radius 3 is 2.34 bits per heavy atom. The second kappa shape index (κ2) is 12.5. The maximum atomic E-state index is 12.7. The van der Waals surface area contributed by atoms with Gasteiger partial charge in [0.15, 0.2) is 4.34 Å². The maximum Gasteiger partial charge on any atom is 0.255 e. The van der Waals surface area contributed by atoms with Crippen LogP contribution in [0.1, 0.15) is 56.5 Å². The molecule has 1 heterocycles. The summed E-state index contributed by atoms with van der Waals surface area (Å²) in [5.74, 6) is 0.803. The van der Waals surface area contributed by atoms with Crippen molar-refractivity contribution in [1.29, 1.82) is 0 Å². The van der Waals surface area contributed by atoms with E-state index in [-0.39, 0.29) is 23.0 Å². The molecule has 0 unspecified atom stereocenters. The van der Waals surface area contributed by atoms with Crippen LogP contribution in [-0.2, 0) is 10.2 Å². The zero-order valence-electron chi connectivity index (χ0n) is 22.2. The van der Waals surface area contributed by atoms with Crippen LogP contribution in [0.3, 0.4) is 0 Å². The molecule has 0 aliphatic heterocycles. The molecule has 0 aliphatic rings. The summed E-state index contributed by atoms with van der Waals surface area (Å²) >= 11 is 2.90. The summed E-state index contributed by atoms with van der Waals surface area (Å²) < 4.78 is 7.41. The lowest BCUT2D eigenvalue weighted by Crippen LogP contribution is -2.14. The van der Waals surface area contributed by atoms with Crippen molar-refractivity contribution < 1.29 is 14.3 Å². The van der Waals surface area contributed by atoms with Gasteiger partial charge in [0.25, 0.3) is 5.91 Å². The van der Waals surface area contributed by atoms with Gasteiger partial charge in [-0.05, 0) is 72.0 Å². The SMILES string of the molecule is CCCCOc1ccc(NC(=O)CSc2nc3ccc(NC(=O)c4ccc(C(C)(C)C)cc4)cc3s2)cc1. The molecule has 38 heavy (non-hydrogen) atoms. The minimum Gasteiger partial charge on any atom is -0.494 e. The molecule has 0 saturated carbocycles. The second-order valence-corrected chi connectivity index (χ2v) is 12.3. The normalized spacial score (nSPS) is 11.4. The summed E-state index contributed by atoms with van der Waals surface area (Å²) in [6.45, 7) is 9.26. The molecule has 0 saturated heterocycles. The third-order valence-corrected chi connectivity index (χ3v) is 8.03. The van der Waals surface area contributed by atoms with Crippen molar-refractivity contribution in [1.82, 2.24) is 4.98 Å². The summed E-state index contributed by atoms with van der Waals surface area (Å²) in [7, 11) is 0. The van der Waals surface area contributed by atoms with E-state index in [0.29, 0.717) is 17.9 Å². The van der Waals surface area contributed by atoms with Gasteiger partial charge in [0, 0.05) is 16.9 Å². The van der Waals surface area contributed by atoms with E-state index in [9.17, 15) is 9.59 Å². The lowest BCUT2D eigenvalue weighted by atomic mass is 9.87. The number of aromatic nitrogens is 1. The number of amides is 2. The van der Waals surface area contributed by atoms with E-state index in [2.05, 4.69) is 43.3 Å². The average molecular weight is 548 g/mol. The number of fused-ring (bicyclic) bond motifs is 1. The topological polar surface area (TPSA) is 80.3 Å². The minimum absolute atomic E-state index is 0.0389. The first-order valence-corrected chi connectivity index (χ1v) is 14.5. The van der Waals surface area contributed by atoms with E-state index in [1.807, 2.05) is 66.7 Å². The number of rotatable bonds is 10. The Bertz CT molecular complexity index is 1390. The first-order chi connectivity index (χ1) is 18.2. The van der Waals surface area contributed by atoms with Crippen molar-refractivity contribution in [3.05, 3.63) is 77.9 Å². The fourth-order valence-electron chi connectivity index (χ4n) is 3.66. The van der Waals surface area contributed by atoms with Gasteiger partial charge in [-0.2, -0.15) is 0 Å². The van der Waals surface area contributed by atoms with E-state index in [1.54, 1.807) is 0 Å². The first kappa shape index (κ1) is 27.7. The molecule has 8 heteroatoms. The molecule has 198 valence electrons. The standard InChI is InChI=1S/C30H33N3O3S2/c1-5-6-17-36-24-14-11-22(12-15-24)31-27(34)19-37-29-33-25-16-13-23(18-26(25)38-29)32-28(35)20-7-9-21(10-8-20)30(2,3)4/h7-16,18H,5-6,17,19H2,1-4H3,(H,31,34)(H,32,35). The van der Waals surface area contributed by atoms with Crippen molar-refractivity contribution in [2.75, 3.05) is 23.0 Å². The summed E-state index contributed by atoms with van der Waals surface area (Å²) in [6.07, 6.45) is 2.11. The van der Waals surface area contributed by atoms with Crippen LogP contribution in [0.25, 0.3) is 10.2 Å². The highest BCUT2D eigenvalue weighted by molar-refractivity contribution is 8.01. The zero-order valence-corrected chi connectivity index (χ0v) is 23.8. The molecule has 4 aromatic rings. The number of nitrogens with zero attached hydrogens (tertiary/aromatic N) is 1. The van der Waals surface area contributed by atoms with E-state index < -0.39 is 0 Å². The van der Waals surface area contributed by atoms with Gasteiger partial charge >= 0.3 is 0 Å². The molecule has 2 amide bonds. The van der Waals surface area contributed by atoms with Crippen LogP contribution in [0.15, 0.2) is 71.1 Å². The van der Waals surface area contributed by atoms with Gasteiger partial charge in [0.05, 0.1) is 22.6 Å². The van der Waals surface area contributed by atoms with E-state index in [0.717, 1.165) is 38.8 Å². The number of hydrogen-bond donors (Lipinski definition) is 2. The zero-order chi connectivity index (χ0) is 27.1. The minimum atomic E-state index is -0.152. The van der Waals surface area contributed by atoms with Crippen LogP contribution in [0.2, 0.25) is 0 Å². The number of anilines is 2. The highest BCUT2D eigenvalue weighted by Gasteiger charge is 2.15. The number of carbonyl (C=O) groups is 2. The van der Waals surface area contributed by atoms with Gasteiger partial charge < -0.3 is 15.4 Å². The highest BCUT2D eigenvalue weighted by Crippen LogP contribution is 2.31. The van der Waals surface area contributed by atoms with Crippen LogP contribution < -0.4 is 15.4 Å². The van der Waals surface area contributed by atoms with Crippen molar-refractivity contribution in [2.24, 2.45) is 0 Å². The van der Waals surface area contributed by atoms with Crippen molar-refractivity contribution in [2.45, 2.75) is 50.3 Å². The van der Waals surface area contributed by atoms with Crippen LogP contribution >= 0.6 is 23.1 Å².